The van der Waals surface area contributed by atoms with E-state index in [1.165, 1.54) is 0 Å². The first-order valence-electron chi connectivity index (χ1n) is 12.1. The van der Waals surface area contributed by atoms with Gasteiger partial charge >= 0.3 is 0 Å². The Balaban J connectivity index is 1.21. The summed E-state index contributed by atoms with van der Waals surface area (Å²) in [6.45, 7) is 4.35. The van der Waals surface area contributed by atoms with E-state index in [0.717, 1.165) is 51.7 Å². The number of ether oxygens (including phenoxy) is 2. The van der Waals surface area contributed by atoms with Gasteiger partial charge in [-0.1, -0.05) is 18.2 Å². The van der Waals surface area contributed by atoms with E-state index in [1.54, 1.807) is 18.6 Å². The molecule has 0 amide bonds. The van der Waals surface area contributed by atoms with E-state index in [9.17, 15) is 4.79 Å². The number of aromatic nitrogens is 3. The Morgan fingerprint density at radius 2 is 2.08 bits per heavy atom. The number of nitrogens with one attached hydrogen (secondary N) is 2. The van der Waals surface area contributed by atoms with Gasteiger partial charge in [-0.3, -0.25) is 14.8 Å². The van der Waals surface area contributed by atoms with E-state index in [2.05, 4.69) is 49.4 Å². The minimum atomic E-state index is -0.189. The maximum atomic E-state index is 12.3. The third kappa shape index (κ3) is 4.43. The second-order valence-corrected chi connectivity index (χ2v) is 9.13. The number of pyridine rings is 1. The fraction of sp³-hybridized carbons (Fsp3) is 0.250. The lowest BCUT2D eigenvalue weighted by molar-refractivity contribution is 0.0383. The fourth-order valence-corrected chi connectivity index (χ4v) is 4.88. The van der Waals surface area contributed by atoms with Crippen molar-refractivity contribution in [1.82, 2.24) is 15.0 Å². The molecule has 0 spiro atoms. The second-order valence-electron chi connectivity index (χ2n) is 9.13. The van der Waals surface area contributed by atoms with E-state index >= 15 is 0 Å². The van der Waals surface area contributed by atoms with Crippen molar-refractivity contribution in [2.24, 2.45) is 0 Å². The lowest BCUT2D eigenvalue weighted by Crippen LogP contribution is -2.41. The molecule has 4 aromatic rings. The third-order valence-corrected chi connectivity index (χ3v) is 6.61. The van der Waals surface area contributed by atoms with Crippen LogP contribution in [0.4, 0.5) is 11.4 Å². The van der Waals surface area contributed by atoms with Crippen molar-refractivity contribution < 1.29 is 9.47 Å². The molecule has 0 saturated carbocycles. The zero-order valence-electron chi connectivity index (χ0n) is 20.0. The molecule has 6 rings (SSSR count). The average Bonchev–Trinajstić information content (AvgIpc) is 2.91. The summed E-state index contributed by atoms with van der Waals surface area (Å²) in [4.78, 5) is 25.9. The number of morpholine rings is 1. The number of H-pyrrole nitrogens is 1. The molecule has 1 saturated heterocycles. The van der Waals surface area contributed by atoms with Gasteiger partial charge in [0.15, 0.2) is 0 Å². The van der Waals surface area contributed by atoms with Crippen molar-refractivity contribution in [2.45, 2.75) is 26.0 Å². The van der Waals surface area contributed by atoms with Crippen molar-refractivity contribution in [1.29, 1.82) is 0 Å². The number of benzene rings is 2. The lowest BCUT2D eigenvalue weighted by Gasteiger charge is -2.35. The molecule has 8 nitrogen and oxygen atoms in total. The molecule has 1 unspecified atom stereocenters. The highest BCUT2D eigenvalue weighted by atomic mass is 16.5. The van der Waals surface area contributed by atoms with Crippen LogP contribution < -0.4 is 20.5 Å². The molecule has 8 heteroatoms. The van der Waals surface area contributed by atoms with E-state index in [-0.39, 0.29) is 11.7 Å². The molecule has 182 valence electrons. The summed E-state index contributed by atoms with van der Waals surface area (Å²) < 4.78 is 12.6. The molecule has 2 aromatic heterocycles. The summed E-state index contributed by atoms with van der Waals surface area (Å²) in [5.41, 5.74) is 6.66. The van der Waals surface area contributed by atoms with Gasteiger partial charge in [-0.2, -0.15) is 0 Å². The van der Waals surface area contributed by atoms with Crippen LogP contribution >= 0.6 is 0 Å². The molecule has 0 bridgehead atoms. The molecule has 36 heavy (non-hydrogen) atoms. The highest BCUT2D eigenvalue weighted by Gasteiger charge is 2.29. The lowest BCUT2D eigenvalue weighted by atomic mass is 9.95. The zero-order chi connectivity index (χ0) is 24.5. The van der Waals surface area contributed by atoms with Crippen LogP contribution in [0.3, 0.4) is 0 Å². The Bertz CT molecular complexity index is 1470. The largest absolute Gasteiger partial charge is 0.456 e. The van der Waals surface area contributed by atoms with Crippen LogP contribution in [-0.2, 0) is 17.7 Å². The quantitative estimate of drug-likeness (QED) is 0.385. The van der Waals surface area contributed by atoms with Crippen LogP contribution in [0.15, 0.2) is 71.9 Å². The van der Waals surface area contributed by atoms with Crippen LogP contribution in [0.25, 0.3) is 0 Å². The van der Waals surface area contributed by atoms with Crippen molar-refractivity contribution in [3.05, 3.63) is 106 Å². The number of hydrogen-bond donors (Lipinski definition) is 2. The zero-order valence-corrected chi connectivity index (χ0v) is 20.0. The first-order chi connectivity index (χ1) is 17.6. The molecule has 0 radical (unpaired) electrons. The van der Waals surface area contributed by atoms with Gasteiger partial charge in [0.25, 0.3) is 5.56 Å². The highest BCUT2D eigenvalue weighted by molar-refractivity contribution is 5.59. The molecule has 4 heterocycles. The molecule has 0 aliphatic carbocycles. The minimum Gasteiger partial charge on any atom is -0.456 e. The number of fused-ring (bicyclic) bond motifs is 2. The van der Waals surface area contributed by atoms with Crippen molar-refractivity contribution in [3.63, 3.8) is 0 Å². The fourth-order valence-electron chi connectivity index (χ4n) is 4.88. The van der Waals surface area contributed by atoms with Gasteiger partial charge in [-0.05, 0) is 42.8 Å². The molecule has 2 aliphatic heterocycles. The molecule has 2 aliphatic rings. The first-order valence-corrected chi connectivity index (χ1v) is 12.1. The maximum absolute atomic E-state index is 12.3. The molecule has 2 aromatic carbocycles. The van der Waals surface area contributed by atoms with Crippen LogP contribution in [0.2, 0.25) is 0 Å². The predicted octanol–water partition coefficient (Wildman–Crippen LogP) is 4.36. The van der Waals surface area contributed by atoms with Crippen molar-refractivity contribution in [2.75, 3.05) is 29.9 Å². The molecular weight excluding hydrogens is 454 g/mol. The van der Waals surface area contributed by atoms with E-state index in [1.807, 2.05) is 31.2 Å². The van der Waals surface area contributed by atoms with E-state index in [0.29, 0.717) is 31.9 Å². The van der Waals surface area contributed by atoms with E-state index < -0.39 is 0 Å². The SMILES string of the molecule is Cc1cncc(CNc2ccc3c(c2)Cc2cccc(C4CN(c5ccc[nH]c5=O)CCO4)c2O3)n1. The van der Waals surface area contributed by atoms with Gasteiger partial charge in [0.1, 0.15) is 23.3 Å². The Labute approximate surface area is 209 Å². The number of aryl methyl sites for hydroxylation is 1. The summed E-state index contributed by atoms with van der Waals surface area (Å²) in [6.07, 6.45) is 5.77. The summed E-state index contributed by atoms with van der Waals surface area (Å²) in [7, 11) is 0. The molecule has 2 N–H and O–H groups in total. The van der Waals surface area contributed by atoms with Gasteiger partial charge in [0.2, 0.25) is 0 Å². The topological polar surface area (TPSA) is 92.4 Å². The first kappa shape index (κ1) is 22.3. The molecule has 1 fully saturated rings. The Morgan fingerprint density at radius 3 is 2.97 bits per heavy atom. The van der Waals surface area contributed by atoms with E-state index in [4.69, 9.17) is 9.47 Å². The van der Waals surface area contributed by atoms with Crippen LogP contribution in [0.1, 0.15) is 34.2 Å². The number of hydrogen-bond acceptors (Lipinski definition) is 7. The van der Waals surface area contributed by atoms with Crippen LogP contribution in [0.5, 0.6) is 11.5 Å². The Morgan fingerprint density at radius 1 is 1.14 bits per heavy atom. The normalized spacial score (nSPS) is 16.6. The number of rotatable bonds is 5. The summed E-state index contributed by atoms with van der Waals surface area (Å²) in [5.74, 6) is 1.71. The Kier molecular flexibility index (Phi) is 5.87. The van der Waals surface area contributed by atoms with Gasteiger partial charge in [-0.15, -0.1) is 0 Å². The summed E-state index contributed by atoms with van der Waals surface area (Å²) >= 11 is 0. The van der Waals surface area contributed by atoms with Gasteiger partial charge in [0.05, 0.1) is 30.7 Å². The van der Waals surface area contributed by atoms with Crippen LogP contribution in [0, 0.1) is 6.92 Å². The monoisotopic (exact) mass is 481 g/mol. The van der Waals surface area contributed by atoms with Crippen molar-refractivity contribution >= 4 is 11.4 Å². The average molecular weight is 482 g/mol. The van der Waals surface area contributed by atoms with Gasteiger partial charge in [0, 0.05) is 48.7 Å². The number of anilines is 2. The number of aromatic amines is 1. The third-order valence-electron chi connectivity index (χ3n) is 6.61. The van der Waals surface area contributed by atoms with Gasteiger partial charge in [-0.25, -0.2) is 0 Å². The molecule has 1 atom stereocenters. The van der Waals surface area contributed by atoms with Gasteiger partial charge < -0.3 is 24.7 Å². The maximum Gasteiger partial charge on any atom is 0.271 e. The minimum absolute atomic E-state index is 0.0859. The van der Waals surface area contributed by atoms with Crippen LogP contribution in [-0.4, -0.2) is 34.6 Å². The summed E-state index contributed by atoms with van der Waals surface area (Å²) in [5, 5.41) is 3.44. The number of nitrogens with zero attached hydrogens (tertiary/aromatic N) is 3. The predicted molar refractivity (Wildman–Crippen MR) is 138 cm³/mol. The standard InChI is InChI=1S/C28H27N5O3/c1-18-14-29-15-22(32-18)16-31-21-7-8-25-20(13-21)12-19-4-2-5-23(27(19)36-25)26-17-33(10-11-35-26)24-6-3-9-30-28(24)34/h2-9,13-15,26,31H,10-12,16-17H2,1H3,(H,30,34). The van der Waals surface area contributed by atoms with Crippen molar-refractivity contribution in [3.8, 4) is 11.5 Å². The Hall–Kier alpha value is -4.17. The number of para-hydroxylation sites is 1. The second kappa shape index (κ2) is 9.47. The summed E-state index contributed by atoms with van der Waals surface area (Å²) in [6, 6.07) is 16.1. The molecular formula is C28H27N5O3. The highest BCUT2D eigenvalue weighted by Crippen LogP contribution is 2.43. The smallest absolute Gasteiger partial charge is 0.271 e.